The van der Waals surface area contributed by atoms with Crippen LogP contribution in [0.25, 0.3) is 11.1 Å². The second kappa shape index (κ2) is 8.71. The molecule has 2 aromatic carbocycles. The van der Waals surface area contributed by atoms with Gasteiger partial charge in [-0.3, -0.25) is 9.59 Å². The van der Waals surface area contributed by atoms with E-state index in [0.717, 1.165) is 0 Å². The third-order valence-corrected chi connectivity index (χ3v) is 7.34. The van der Waals surface area contributed by atoms with Gasteiger partial charge in [0.25, 0.3) is 5.91 Å². The van der Waals surface area contributed by atoms with Crippen LogP contribution < -0.4 is 5.32 Å². The van der Waals surface area contributed by atoms with Crippen molar-refractivity contribution in [3.8, 4) is 0 Å². The summed E-state index contributed by atoms with van der Waals surface area (Å²) in [6, 6.07) is 11.0. The van der Waals surface area contributed by atoms with Gasteiger partial charge in [0, 0.05) is 50.8 Å². The number of aromatic nitrogens is 1. The Bertz CT molecular complexity index is 1260. The summed E-state index contributed by atoms with van der Waals surface area (Å²) in [4.78, 5) is 30.2. The van der Waals surface area contributed by atoms with E-state index in [-0.39, 0.29) is 29.8 Å². The molecule has 9 nitrogen and oxygen atoms in total. The summed E-state index contributed by atoms with van der Waals surface area (Å²) in [5, 5.41) is 2.80. The van der Waals surface area contributed by atoms with E-state index in [9.17, 15) is 18.0 Å². The standard InChI is InChI=1S/C22H24N4O5S/c1-3-21-24-19-14-17(6-9-20(19)31-21)23-22(28)16-4-7-18(8-5-16)32(29,30)26-12-10-25(11-13-26)15(2)27/h4-9,14H,3,10-13H2,1-2H3,(H,23,28). The first-order chi connectivity index (χ1) is 15.3. The number of carbonyl (C=O) groups excluding carboxylic acids is 2. The average molecular weight is 457 g/mol. The number of hydrogen-bond donors (Lipinski definition) is 1. The van der Waals surface area contributed by atoms with Crippen LogP contribution in [0.5, 0.6) is 0 Å². The van der Waals surface area contributed by atoms with Gasteiger partial charge in [0.2, 0.25) is 15.9 Å². The summed E-state index contributed by atoms with van der Waals surface area (Å²) in [6.45, 7) is 4.64. The number of benzene rings is 2. The lowest BCUT2D eigenvalue weighted by Crippen LogP contribution is -2.49. The molecule has 4 rings (SSSR count). The highest BCUT2D eigenvalue weighted by Gasteiger charge is 2.29. The highest BCUT2D eigenvalue weighted by atomic mass is 32.2. The van der Waals surface area contributed by atoms with Crippen molar-refractivity contribution in [3.63, 3.8) is 0 Å². The number of sulfonamides is 1. The van der Waals surface area contributed by atoms with Gasteiger partial charge in [-0.1, -0.05) is 6.92 Å². The molecule has 2 amide bonds. The molecule has 1 saturated heterocycles. The van der Waals surface area contributed by atoms with Crippen LogP contribution in [0.15, 0.2) is 51.8 Å². The molecule has 1 N–H and O–H groups in total. The van der Waals surface area contributed by atoms with Crippen molar-refractivity contribution < 1.29 is 22.4 Å². The van der Waals surface area contributed by atoms with Gasteiger partial charge < -0.3 is 14.6 Å². The number of piperazine rings is 1. The lowest BCUT2D eigenvalue weighted by molar-refractivity contribution is -0.129. The summed E-state index contributed by atoms with van der Waals surface area (Å²) in [5.74, 6) is 0.205. The van der Waals surface area contributed by atoms with E-state index < -0.39 is 10.0 Å². The van der Waals surface area contributed by atoms with Crippen molar-refractivity contribution in [3.05, 3.63) is 53.9 Å². The van der Waals surface area contributed by atoms with Crippen LogP contribution in [0, 0.1) is 0 Å². The molecule has 1 fully saturated rings. The van der Waals surface area contributed by atoms with E-state index in [1.807, 2.05) is 6.92 Å². The van der Waals surface area contributed by atoms with Gasteiger partial charge in [0.05, 0.1) is 4.90 Å². The Hall–Kier alpha value is -3.24. The van der Waals surface area contributed by atoms with Gasteiger partial charge in [0.15, 0.2) is 11.5 Å². The Morgan fingerprint density at radius 2 is 1.75 bits per heavy atom. The van der Waals surface area contributed by atoms with E-state index >= 15 is 0 Å². The van der Waals surface area contributed by atoms with Crippen molar-refractivity contribution in [2.75, 3.05) is 31.5 Å². The molecular formula is C22H24N4O5S. The number of nitrogens with zero attached hydrogens (tertiary/aromatic N) is 3. The van der Waals surface area contributed by atoms with Crippen molar-refractivity contribution in [2.24, 2.45) is 0 Å². The number of carbonyl (C=O) groups is 2. The maximum absolute atomic E-state index is 12.9. The predicted octanol–water partition coefficient (Wildman–Crippen LogP) is 2.50. The SMILES string of the molecule is CCc1nc2cc(NC(=O)c3ccc(S(=O)(=O)N4CCN(C(C)=O)CC4)cc3)ccc2o1. The van der Waals surface area contributed by atoms with Crippen LogP contribution in [-0.4, -0.2) is 60.6 Å². The Balaban J connectivity index is 1.45. The van der Waals surface area contributed by atoms with E-state index in [1.54, 1.807) is 23.1 Å². The van der Waals surface area contributed by atoms with Crippen LogP contribution in [0.4, 0.5) is 5.69 Å². The zero-order valence-electron chi connectivity index (χ0n) is 17.9. The molecule has 0 radical (unpaired) electrons. The molecule has 0 atom stereocenters. The quantitative estimate of drug-likeness (QED) is 0.631. The third kappa shape index (κ3) is 4.37. The first-order valence-electron chi connectivity index (χ1n) is 10.3. The van der Waals surface area contributed by atoms with Crippen molar-refractivity contribution in [1.82, 2.24) is 14.2 Å². The van der Waals surface area contributed by atoms with E-state index in [4.69, 9.17) is 4.42 Å². The molecule has 0 unspecified atom stereocenters. The van der Waals surface area contributed by atoms with Crippen molar-refractivity contribution in [1.29, 1.82) is 0 Å². The maximum Gasteiger partial charge on any atom is 0.255 e. The highest BCUT2D eigenvalue weighted by Crippen LogP contribution is 2.22. The molecule has 32 heavy (non-hydrogen) atoms. The smallest absolute Gasteiger partial charge is 0.255 e. The normalized spacial score (nSPS) is 15.1. The fourth-order valence-corrected chi connectivity index (χ4v) is 5.00. The number of nitrogens with one attached hydrogen (secondary N) is 1. The molecule has 3 aromatic rings. The average Bonchev–Trinajstić information content (AvgIpc) is 3.22. The molecule has 0 aliphatic carbocycles. The molecule has 1 aliphatic heterocycles. The van der Waals surface area contributed by atoms with Gasteiger partial charge in [-0.05, 0) is 42.5 Å². The first-order valence-corrected chi connectivity index (χ1v) is 11.8. The minimum Gasteiger partial charge on any atom is -0.441 e. The summed E-state index contributed by atoms with van der Waals surface area (Å²) in [5.41, 5.74) is 2.21. The van der Waals surface area contributed by atoms with E-state index in [0.29, 0.717) is 47.8 Å². The summed E-state index contributed by atoms with van der Waals surface area (Å²) in [6.07, 6.45) is 0.679. The summed E-state index contributed by atoms with van der Waals surface area (Å²) < 4.78 is 32.7. The number of oxazole rings is 1. The molecule has 1 aliphatic rings. The zero-order chi connectivity index (χ0) is 22.9. The highest BCUT2D eigenvalue weighted by molar-refractivity contribution is 7.89. The number of rotatable bonds is 5. The largest absolute Gasteiger partial charge is 0.441 e. The van der Waals surface area contributed by atoms with Gasteiger partial charge in [0.1, 0.15) is 5.52 Å². The molecule has 0 saturated carbocycles. The van der Waals surface area contributed by atoms with Gasteiger partial charge in [-0.15, -0.1) is 0 Å². The fourth-order valence-electron chi connectivity index (χ4n) is 3.58. The molecule has 0 spiro atoms. The number of anilines is 1. The number of fused-ring (bicyclic) bond motifs is 1. The molecule has 168 valence electrons. The van der Waals surface area contributed by atoms with Crippen LogP contribution in [-0.2, 0) is 21.2 Å². The monoisotopic (exact) mass is 456 g/mol. The minimum atomic E-state index is -3.69. The summed E-state index contributed by atoms with van der Waals surface area (Å²) >= 11 is 0. The Kier molecular flexibility index (Phi) is 5.98. The number of hydrogen-bond acceptors (Lipinski definition) is 6. The molecular weight excluding hydrogens is 432 g/mol. The van der Waals surface area contributed by atoms with E-state index in [2.05, 4.69) is 10.3 Å². The second-order valence-corrected chi connectivity index (χ2v) is 9.47. The van der Waals surface area contributed by atoms with Crippen LogP contribution in [0.1, 0.15) is 30.1 Å². The topological polar surface area (TPSA) is 113 Å². The maximum atomic E-state index is 12.9. The lowest BCUT2D eigenvalue weighted by Gasteiger charge is -2.33. The Morgan fingerprint density at radius 3 is 2.38 bits per heavy atom. The zero-order valence-corrected chi connectivity index (χ0v) is 18.7. The van der Waals surface area contributed by atoms with Crippen LogP contribution in [0.2, 0.25) is 0 Å². The van der Waals surface area contributed by atoms with Gasteiger partial charge >= 0.3 is 0 Å². The molecule has 0 bridgehead atoms. The van der Waals surface area contributed by atoms with Gasteiger partial charge in [-0.25, -0.2) is 13.4 Å². The Morgan fingerprint density at radius 1 is 1.06 bits per heavy atom. The second-order valence-electron chi connectivity index (χ2n) is 7.53. The van der Waals surface area contributed by atoms with Crippen molar-refractivity contribution >= 4 is 38.6 Å². The van der Waals surface area contributed by atoms with Crippen LogP contribution >= 0.6 is 0 Å². The fraction of sp³-hybridized carbons (Fsp3) is 0.318. The molecule has 1 aromatic heterocycles. The number of amides is 2. The molecule has 10 heteroatoms. The van der Waals surface area contributed by atoms with Crippen LogP contribution in [0.3, 0.4) is 0 Å². The van der Waals surface area contributed by atoms with Crippen molar-refractivity contribution in [2.45, 2.75) is 25.2 Å². The molecule has 2 heterocycles. The van der Waals surface area contributed by atoms with Gasteiger partial charge in [-0.2, -0.15) is 4.31 Å². The first kappa shape index (κ1) is 22.0. The van der Waals surface area contributed by atoms with E-state index in [1.165, 1.54) is 35.5 Å². The Labute approximate surface area is 186 Å². The predicted molar refractivity (Wildman–Crippen MR) is 119 cm³/mol. The third-order valence-electron chi connectivity index (χ3n) is 5.43. The summed E-state index contributed by atoms with van der Waals surface area (Å²) in [7, 11) is -3.69. The lowest BCUT2D eigenvalue weighted by atomic mass is 10.2. The minimum absolute atomic E-state index is 0.0640. The number of aryl methyl sites for hydroxylation is 1.